The molecule has 0 aliphatic rings. The number of hydrogen-bond acceptors (Lipinski definition) is 6. The van der Waals surface area contributed by atoms with Crippen molar-refractivity contribution >= 4 is 5.78 Å². The molecule has 1 aromatic heterocycles. The van der Waals surface area contributed by atoms with Crippen LogP contribution in [0.3, 0.4) is 0 Å². The molecule has 0 atom stereocenters. The van der Waals surface area contributed by atoms with Crippen molar-refractivity contribution < 1.29 is 28.2 Å². The number of nitrogens with zero attached hydrogens (tertiary/aromatic N) is 2. The maximum atomic E-state index is 12.7. The number of benzene rings is 2. The fourth-order valence-corrected chi connectivity index (χ4v) is 2.85. The second-order valence-corrected chi connectivity index (χ2v) is 6.24. The van der Waals surface area contributed by atoms with Crippen LogP contribution in [0, 0.1) is 0 Å². The number of alkyl halides is 2. The predicted molar refractivity (Wildman–Crippen MR) is 104 cm³/mol. The highest BCUT2D eigenvalue weighted by atomic mass is 19.3. The predicted octanol–water partition coefficient (Wildman–Crippen LogP) is 2.74. The number of carbonyl (C=O) groups is 1. The molecule has 30 heavy (non-hydrogen) atoms. The minimum Gasteiger partial charge on any atom is -0.493 e. The molecule has 0 spiro atoms. The zero-order valence-electron chi connectivity index (χ0n) is 15.9. The number of rotatable bonds is 8. The Hall–Kier alpha value is -3.59. The molecule has 0 amide bonds. The Bertz CT molecular complexity index is 1110. The SMILES string of the molecule is COc1ccc(-c2ccc(=O)n(Cc3cccc(C(=O)CO)c3)n2)cc1OC(F)F. The number of methoxy groups -OCH3 is 1. The quantitative estimate of drug-likeness (QED) is 0.568. The minimum atomic E-state index is -3.02. The van der Waals surface area contributed by atoms with Gasteiger partial charge in [0.1, 0.15) is 6.61 Å². The average molecular weight is 416 g/mol. The van der Waals surface area contributed by atoms with Crippen molar-refractivity contribution in [3.63, 3.8) is 0 Å². The number of aliphatic hydroxyl groups is 1. The molecule has 1 N–H and O–H groups in total. The highest BCUT2D eigenvalue weighted by molar-refractivity contribution is 5.97. The lowest BCUT2D eigenvalue weighted by molar-refractivity contribution is -0.0511. The highest BCUT2D eigenvalue weighted by Gasteiger charge is 2.13. The standard InChI is InChI=1S/C21H18F2N2O5/c1-29-18-7-5-14(10-19(18)30-21(22)23)16-6-8-20(28)25(24-16)11-13-3-2-4-15(9-13)17(27)12-26/h2-10,21,26H,11-12H2,1H3. The summed E-state index contributed by atoms with van der Waals surface area (Å²) in [6.07, 6.45) is 0. The number of hydrogen-bond donors (Lipinski definition) is 1. The van der Waals surface area contributed by atoms with Gasteiger partial charge in [-0.05, 0) is 35.9 Å². The summed E-state index contributed by atoms with van der Waals surface area (Å²) in [5.74, 6) is -0.451. The first-order chi connectivity index (χ1) is 14.4. The first-order valence-electron chi connectivity index (χ1n) is 8.85. The van der Waals surface area contributed by atoms with E-state index in [9.17, 15) is 18.4 Å². The van der Waals surface area contributed by atoms with Gasteiger partial charge in [-0.25, -0.2) is 4.68 Å². The molecule has 0 radical (unpaired) electrons. The topological polar surface area (TPSA) is 90.7 Å². The van der Waals surface area contributed by atoms with Crippen LogP contribution >= 0.6 is 0 Å². The Balaban J connectivity index is 1.94. The molecule has 0 unspecified atom stereocenters. The van der Waals surface area contributed by atoms with Crippen LogP contribution in [0.5, 0.6) is 11.5 Å². The summed E-state index contributed by atoms with van der Waals surface area (Å²) >= 11 is 0. The molecule has 156 valence electrons. The number of halogens is 2. The first-order valence-corrected chi connectivity index (χ1v) is 8.85. The summed E-state index contributed by atoms with van der Waals surface area (Å²) in [5, 5.41) is 13.3. The summed E-state index contributed by atoms with van der Waals surface area (Å²) in [6.45, 7) is -3.56. The number of aromatic nitrogens is 2. The summed E-state index contributed by atoms with van der Waals surface area (Å²) in [7, 11) is 1.33. The number of ether oxygens (including phenoxy) is 2. The molecular weight excluding hydrogens is 398 g/mol. The van der Waals surface area contributed by atoms with Gasteiger partial charge in [-0.3, -0.25) is 9.59 Å². The van der Waals surface area contributed by atoms with Gasteiger partial charge >= 0.3 is 6.61 Å². The van der Waals surface area contributed by atoms with Crippen molar-refractivity contribution in [3.8, 4) is 22.8 Å². The van der Waals surface area contributed by atoms with E-state index in [0.717, 1.165) is 0 Å². The fraction of sp³-hybridized carbons (Fsp3) is 0.190. The van der Waals surface area contributed by atoms with Crippen molar-refractivity contribution in [1.29, 1.82) is 0 Å². The van der Waals surface area contributed by atoms with Crippen LogP contribution in [0.15, 0.2) is 59.4 Å². The van der Waals surface area contributed by atoms with E-state index in [1.807, 2.05) is 0 Å². The molecule has 0 fully saturated rings. The van der Waals surface area contributed by atoms with Crippen LogP contribution in [0.4, 0.5) is 8.78 Å². The Morgan fingerprint density at radius 1 is 1.13 bits per heavy atom. The normalized spacial score (nSPS) is 10.8. The Labute approximate surface area is 170 Å². The van der Waals surface area contributed by atoms with E-state index in [4.69, 9.17) is 9.84 Å². The molecule has 3 rings (SSSR count). The lowest BCUT2D eigenvalue weighted by Gasteiger charge is -2.12. The van der Waals surface area contributed by atoms with Gasteiger partial charge in [0.15, 0.2) is 17.3 Å². The molecular formula is C21H18F2N2O5. The fourth-order valence-electron chi connectivity index (χ4n) is 2.85. The van der Waals surface area contributed by atoms with Gasteiger partial charge in [0, 0.05) is 17.2 Å². The minimum absolute atomic E-state index is 0.0791. The van der Waals surface area contributed by atoms with Crippen LogP contribution in [-0.2, 0) is 6.54 Å². The summed E-state index contributed by atoms with van der Waals surface area (Å²) in [4.78, 5) is 23.9. The van der Waals surface area contributed by atoms with E-state index in [-0.39, 0.29) is 23.6 Å². The lowest BCUT2D eigenvalue weighted by atomic mass is 10.1. The second-order valence-electron chi connectivity index (χ2n) is 6.24. The van der Waals surface area contributed by atoms with Crippen molar-refractivity contribution in [2.75, 3.05) is 13.7 Å². The third-order valence-electron chi connectivity index (χ3n) is 4.27. The van der Waals surface area contributed by atoms with Crippen molar-refractivity contribution in [1.82, 2.24) is 9.78 Å². The van der Waals surface area contributed by atoms with Gasteiger partial charge in [0.25, 0.3) is 5.56 Å². The zero-order valence-corrected chi connectivity index (χ0v) is 15.9. The van der Waals surface area contributed by atoms with E-state index in [0.29, 0.717) is 22.4 Å². The molecule has 9 heteroatoms. The van der Waals surface area contributed by atoms with Crippen LogP contribution < -0.4 is 15.0 Å². The highest BCUT2D eigenvalue weighted by Crippen LogP contribution is 2.32. The largest absolute Gasteiger partial charge is 0.493 e. The number of carbonyl (C=O) groups excluding carboxylic acids is 1. The van der Waals surface area contributed by atoms with E-state index < -0.39 is 19.0 Å². The molecule has 0 saturated heterocycles. The summed E-state index contributed by atoms with van der Waals surface area (Å²) in [6, 6.07) is 13.7. The van der Waals surface area contributed by atoms with Gasteiger partial charge in [-0.15, -0.1) is 0 Å². The molecule has 0 aliphatic carbocycles. The van der Waals surface area contributed by atoms with E-state index in [1.165, 1.54) is 36.1 Å². The molecule has 0 bridgehead atoms. The van der Waals surface area contributed by atoms with Gasteiger partial charge in [0.05, 0.1) is 19.3 Å². The maximum absolute atomic E-state index is 12.7. The lowest BCUT2D eigenvalue weighted by Crippen LogP contribution is -2.23. The molecule has 1 heterocycles. The monoisotopic (exact) mass is 416 g/mol. The van der Waals surface area contributed by atoms with Gasteiger partial charge in [-0.2, -0.15) is 13.9 Å². The molecule has 0 aliphatic heterocycles. The number of aliphatic hydroxyl groups excluding tert-OH is 1. The molecule has 0 saturated carbocycles. The Morgan fingerprint density at radius 3 is 2.63 bits per heavy atom. The zero-order chi connectivity index (χ0) is 21.7. The maximum Gasteiger partial charge on any atom is 0.387 e. The summed E-state index contributed by atoms with van der Waals surface area (Å²) < 4.78 is 36.0. The van der Waals surface area contributed by atoms with Crippen molar-refractivity contribution in [3.05, 3.63) is 76.1 Å². The summed E-state index contributed by atoms with van der Waals surface area (Å²) in [5.41, 5.74) is 1.39. The van der Waals surface area contributed by atoms with E-state index in [1.54, 1.807) is 30.3 Å². The number of Topliss-reactive ketones (excluding diaryl/α,β-unsaturated/α-hetero) is 1. The van der Waals surface area contributed by atoms with Gasteiger partial charge < -0.3 is 14.6 Å². The van der Waals surface area contributed by atoms with Gasteiger partial charge in [0.2, 0.25) is 0 Å². The Kier molecular flexibility index (Phi) is 6.53. The van der Waals surface area contributed by atoms with Crippen LogP contribution in [-0.4, -0.2) is 41.0 Å². The second kappa shape index (κ2) is 9.27. The third-order valence-corrected chi connectivity index (χ3v) is 4.27. The third kappa shape index (κ3) is 4.87. The van der Waals surface area contributed by atoms with Crippen molar-refractivity contribution in [2.45, 2.75) is 13.2 Å². The van der Waals surface area contributed by atoms with Crippen molar-refractivity contribution in [2.24, 2.45) is 0 Å². The Morgan fingerprint density at radius 2 is 1.93 bits per heavy atom. The van der Waals surface area contributed by atoms with Crippen LogP contribution in [0.1, 0.15) is 15.9 Å². The molecule has 2 aromatic carbocycles. The van der Waals surface area contributed by atoms with Gasteiger partial charge in [-0.1, -0.05) is 18.2 Å². The smallest absolute Gasteiger partial charge is 0.387 e. The van der Waals surface area contributed by atoms with Crippen LogP contribution in [0.2, 0.25) is 0 Å². The average Bonchev–Trinajstić information content (AvgIpc) is 2.74. The van der Waals surface area contributed by atoms with Crippen LogP contribution in [0.25, 0.3) is 11.3 Å². The molecule has 7 nitrogen and oxygen atoms in total. The first kappa shape index (κ1) is 21.1. The van der Waals surface area contributed by atoms with E-state index in [2.05, 4.69) is 9.84 Å². The van der Waals surface area contributed by atoms with E-state index >= 15 is 0 Å². The molecule has 3 aromatic rings. The number of ketones is 1.